The number of nitrogens with zero attached hydrogens (tertiary/aromatic N) is 4. The van der Waals surface area contributed by atoms with E-state index < -0.39 is 5.95 Å². The Hall–Kier alpha value is -1.43. The van der Waals surface area contributed by atoms with Gasteiger partial charge in [0.1, 0.15) is 5.82 Å². The maximum Gasteiger partial charge on any atom is 0.213 e. The van der Waals surface area contributed by atoms with Gasteiger partial charge in [0.15, 0.2) is 5.16 Å². The Morgan fingerprint density at radius 1 is 1.21 bits per heavy atom. The number of rotatable bonds is 4. The number of halogens is 1. The van der Waals surface area contributed by atoms with Gasteiger partial charge in [-0.2, -0.15) is 4.39 Å². The first-order valence-corrected chi connectivity index (χ1v) is 7.37. The average Bonchev–Trinajstić information content (AvgIpc) is 3.30. The minimum absolute atomic E-state index is 0.454. The summed E-state index contributed by atoms with van der Waals surface area (Å²) in [5, 5.41) is 9.52. The Kier molecular flexibility index (Phi) is 2.58. The van der Waals surface area contributed by atoms with Crippen LogP contribution in [0, 0.1) is 5.95 Å². The second-order valence-electron chi connectivity index (χ2n) is 5.13. The van der Waals surface area contributed by atoms with Crippen LogP contribution in [0.4, 0.5) is 4.39 Å². The van der Waals surface area contributed by atoms with Crippen LogP contribution < -0.4 is 0 Å². The lowest BCUT2D eigenvalue weighted by molar-refractivity contribution is 0.579. The van der Waals surface area contributed by atoms with Crippen LogP contribution in [0.25, 0.3) is 0 Å². The van der Waals surface area contributed by atoms with Crippen LogP contribution in [0.1, 0.15) is 43.5 Å². The Morgan fingerprint density at radius 2 is 2.05 bits per heavy atom. The summed E-state index contributed by atoms with van der Waals surface area (Å²) < 4.78 is 15.4. The molecule has 0 aromatic carbocycles. The normalized spacial score (nSPS) is 18.8. The minimum Gasteiger partial charge on any atom is -0.302 e. The average molecular weight is 276 g/mol. The topological polar surface area (TPSA) is 43.6 Å². The molecule has 4 nitrogen and oxygen atoms in total. The molecule has 0 atom stereocenters. The molecule has 2 heterocycles. The monoisotopic (exact) mass is 276 g/mol. The first-order chi connectivity index (χ1) is 9.31. The summed E-state index contributed by atoms with van der Waals surface area (Å²) in [6.07, 6.45) is 6.34. The second-order valence-corrected chi connectivity index (χ2v) is 6.17. The van der Waals surface area contributed by atoms with Crippen molar-refractivity contribution in [3.63, 3.8) is 0 Å². The summed E-state index contributed by atoms with van der Waals surface area (Å²) in [6, 6.07) is 3.80. The molecule has 2 saturated carbocycles. The highest BCUT2D eigenvalue weighted by atomic mass is 32.2. The molecule has 0 bridgehead atoms. The first-order valence-electron chi connectivity index (χ1n) is 6.55. The molecule has 0 N–H and O–H groups in total. The van der Waals surface area contributed by atoms with Gasteiger partial charge in [0.2, 0.25) is 5.95 Å². The molecule has 2 aromatic heterocycles. The van der Waals surface area contributed by atoms with Crippen LogP contribution in [0.2, 0.25) is 0 Å². The number of hydrogen-bond donors (Lipinski definition) is 0. The zero-order valence-corrected chi connectivity index (χ0v) is 11.1. The SMILES string of the molecule is Fc1cc(Sc2nnc(C3CC3)n2C2CC2)ccn1. The lowest BCUT2D eigenvalue weighted by Gasteiger charge is -2.07. The van der Waals surface area contributed by atoms with Crippen LogP contribution in [0.5, 0.6) is 0 Å². The Labute approximate surface area is 114 Å². The molecule has 2 fully saturated rings. The van der Waals surface area contributed by atoms with E-state index >= 15 is 0 Å². The third kappa shape index (κ3) is 2.25. The van der Waals surface area contributed by atoms with Crippen molar-refractivity contribution in [1.29, 1.82) is 0 Å². The van der Waals surface area contributed by atoms with E-state index in [9.17, 15) is 4.39 Å². The third-order valence-corrected chi connectivity index (χ3v) is 4.40. The van der Waals surface area contributed by atoms with Gasteiger partial charge in [-0.3, -0.25) is 0 Å². The summed E-state index contributed by atoms with van der Waals surface area (Å²) in [5.41, 5.74) is 0. The molecule has 2 aliphatic rings. The Morgan fingerprint density at radius 3 is 2.74 bits per heavy atom. The molecule has 98 valence electrons. The van der Waals surface area contributed by atoms with E-state index in [1.807, 2.05) is 0 Å². The van der Waals surface area contributed by atoms with E-state index in [1.165, 1.54) is 49.7 Å². The summed E-state index contributed by atoms with van der Waals surface area (Å²) in [4.78, 5) is 4.40. The van der Waals surface area contributed by atoms with Gasteiger partial charge < -0.3 is 4.57 Å². The second kappa shape index (κ2) is 4.30. The Balaban J connectivity index is 1.67. The zero-order valence-electron chi connectivity index (χ0n) is 10.3. The molecule has 2 aromatic rings. The van der Waals surface area contributed by atoms with Gasteiger partial charge in [0, 0.05) is 29.1 Å². The van der Waals surface area contributed by atoms with Crippen LogP contribution in [-0.2, 0) is 0 Å². The molecule has 0 unspecified atom stereocenters. The third-order valence-electron chi connectivity index (χ3n) is 3.45. The largest absolute Gasteiger partial charge is 0.302 e. The van der Waals surface area contributed by atoms with Crippen molar-refractivity contribution in [2.45, 2.75) is 47.7 Å². The first kappa shape index (κ1) is 11.4. The number of pyridine rings is 1. The molecule has 0 spiro atoms. The zero-order chi connectivity index (χ0) is 12.8. The number of aromatic nitrogens is 4. The maximum atomic E-state index is 13.1. The standard InChI is InChI=1S/C13H13FN4S/c14-11-7-10(5-6-15-11)19-13-17-16-12(8-1-2-8)18(13)9-3-4-9/h5-9H,1-4H2. The fourth-order valence-electron chi connectivity index (χ4n) is 2.21. The van der Waals surface area contributed by atoms with E-state index in [4.69, 9.17) is 0 Å². The molecule has 2 aliphatic carbocycles. The van der Waals surface area contributed by atoms with Crippen LogP contribution in [0.3, 0.4) is 0 Å². The lowest BCUT2D eigenvalue weighted by Crippen LogP contribution is -2.01. The van der Waals surface area contributed by atoms with Gasteiger partial charge in [-0.05, 0) is 43.5 Å². The van der Waals surface area contributed by atoms with Crippen molar-refractivity contribution < 1.29 is 4.39 Å². The molecule has 0 aliphatic heterocycles. The highest BCUT2D eigenvalue weighted by molar-refractivity contribution is 7.99. The van der Waals surface area contributed by atoms with E-state index in [1.54, 1.807) is 6.07 Å². The summed E-state index contributed by atoms with van der Waals surface area (Å²) >= 11 is 1.47. The summed E-state index contributed by atoms with van der Waals surface area (Å²) in [7, 11) is 0. The summed E-state index contributed by atoms with van der Waals surface area (Å²) in [6.45, 7) is 0. The van der Waals surface area contributed by atoms with E-state index in [-0.39, 0.29) is 0 Å². The van der Waals surface area contributed by atoms with Crippen LogP contribution in [-0.4, -0.2) is 19.7 Å². The van der Waals surface area contributed by atoms with Crippen molar-refractivity contribution in [3.05, 3.63) is 30.1 Å². The van der Waals surface area contributed by atoms with Crippen molar-refractivity contribution in [3.8, 4) is 0 Å². The fraction of sp³-hybridized carbons (Fsp3) is 0.462. The quantitative estimate of drug-likeness (QED) is 0.804. The fourth-order valence-corrected chi connectivity index (χ4v) is 3.13. The molecule has 19 heavy (non-hydrogen) atoms. The van der Waals surface area contributed by atoms with E-state index in [2.05, 4.69) is 19.7 Å². The molecule has 0 radical (unpaired) electrons. The van der Waals surface area contributed by atoms with Crippen molar-refractivity contribution >= 4 is 11.8 Å². The Bertz CT molecular complexity index is 619. The van der Waals surface area contributed by atoms with Crippen LogP contribution >= 0.6 is 11.8 Å². The molecular weight excluding hydrogens is 263 g/mol. The molecule has 0 saturated heterocycles. The molecule has 6 heteroatoms. The van der Waals surface area contributed by atoms with E-state index in [0.717, 1.165) is 15.9 Å². The van der Waals surface area contributed by atoms with Gasteiger partial charge in [-0.25, -0.2) is 4.98 Å². The van der Waals surface area contributed by atoms with Crippen LogP contribution in [0.15, 0.2) is 28.4 Å². The molecular formula is C13H13FN4S. The molecule has 0 amide bonds. The van der Waals surface area contributed by atoms with Crippen molar-refractivity contribution in [2.75, 3.05) is 0 Å². The highest BCUT2D eigenvalue weighted by Gasteiger charge is 2.36. The smallest absolute Gasteiger partial charge is 0.213 e. The molecule has 4 rings (SSSR count). The van der Waals surface area contributed by atoms with Gasteiger partial charge in [0.05, 0.1) is 0 Å². The van der Waals surface area contributed by atoms with Gasteiger partial charge in [-0.15, -0.1) is 10.2 Å². The predicted molar refractivity (Wildman–Crippen MR) is 68.6 cm³/mol. The minimum atomic E-state index is -0.454. The van der Waals surface area contributed by atoms with Gasteiger partial charge in [-0.1, -0.05) is 0 Å². The maximum absolute atomic E-state index is 13.1. The predicted octanol–water partition coefficient (Wildman–Crippen LogP) is 3.18. The lowest BCUT2D eigenvalue weighted by atomic mass is 10.4. The van der Waals surface area contributed by atoms with Gasteiger partial charge >= 0.3 is 0 Å². The highest BCUT2D eigenvalue weighted by Crippen LogP contribution is 2.46. The van der Waals surface area contributed by atoms with Crippen molar-refractivity contribution in [2.24, 2.45) is 0 Å². The van der Waals surface area contributed by atoms with Crippen molar-refractivity contribution in [1.82, 2.24) is 19.7 Å². The van der Waals surface area contributed by atoms with Gasteiger partial charge in [0.25, 0.3) is 0 Å². The van der Waals surface area contributed by atoms with E-state index in [0.29, 0.717) is 12.0 Å². The summed E-state index contributed by atoms with van der Waals surface area (Å²) in [5.74, 6) is 1.26. The number of hydrogen-bond acceptors (Lipinski definition) is 4.